The second-order valence-corrected chi connectivity index (χ2v) is 9.02. The van der Waals surface area contributed by atoms with Crippen molar-refractivity contribution in [3.8, 4) is 11.1 Å². The number of fused-ring (bicyclic) bond motifs is 3. The average Bonchev–Trinajstić information content (AvgIpc) is 3.42. The van der Waals surface area contributed by atoms with Crippen molar-refractivity contribution < 1.29 is 24.2 Å². The maximum Gasteiger partial charge on any atom is 0.411 e. The SMILES string of the molecule is CC1(C(=O)O)CCCN1C(=O)c1ccc(NC(=O)OCC2c3ccccc3-c3ccccc32)cn1. The van der Waals surface area contributed by atoms with Gasteiger partial charge in [0.1, 0.15) is 17.8 Å². The predicted octanol–water partition coefficient (Wildman–Crippen LogP) is 4.52. The van der Waals surface area contributed by atoms with Crippen LogP contribution in [0.1, 0.15) is 47.3 Å². The molecule has 1 unspecified atom stereocenters. The quantitative estimate of drug-likeness (QED) is 0.566. The van der Waals surface area contributed by atoms with E-state index in [0.29, 0.717) is 25.1 Å². The van der Waals surface area contributed by atoms with Crippen molar-refractivity contribution in [1.29, 1.82) is 0 Å². The number of carboxylic acids is 1. The Morgan fingerprint density at radius 3 is 2.31 bits per heavy atom. The summed E-state index contributed by atoms with van der Waals surface area (Å²) in [6.07, 6.45) is 1.76. The minimum Gasteiger partial charge on any atom is -0.480 e. The van der Waals surface area contributed by atoms with Crippen LogP contribution < -0.4 is 5.32 Å². The number of carbonyl (C=O) groups excluding carboxylic acids is 2. The summed E-state index contributed by atoms with van der Waals surface area (Å²) >= 11 is 0. The number of aliphatic carboxylic acids is 1. The highest BCUT2D eigenvalue weighted by molar-refractivity contribution is 5.97. The normalized spacial score (nSPS) is 18.6. The summed E-state index contributed by atoms with van der Waals surface area (Å²) in [6, 6.07) is 19.2. The first kappa shape index (κ1) is 22.6. The van der Waals surface area contributed by atoms with Gasteiger partial charge in [-0.25, -0.2) is 14.6 Å². The Kier molecular flexibility index (Phi) is 5.72. The Labute approximate surface area is 202 Å². The zero-order valence-electron chi connectivity index (χ0n) is 19.2. The number of hydrogen-bond donors (Lipinski definition) is 2. The zero-order valence-corrected chi connectivity index (χ0v) is 19.2. The molecule has 2 aliphatic rings. The fourth-order valence-corrected chi connectivity index (χ4v) is 5.00. The molecule has 2 N–H and O–H groups in total. The monoisotopic (exact) mass is 471 g/mol. The van der Waals surface area contributed by atoms with E-state index in [0.717, 1.165) is 22.3 Å². The van der Waals surface area contributed by atoms with Gasteiger partial charge in [-0.2, -0.15) is 0 Å². The van der Waals surface area contributed by atoms with Crippen LogP contribution in [-0.4, -0.2) is 51.7 Å². The van der Waals surface area contributed by atoms with Gasteiger partial charge in [0, 0.05) is 12.5 Å². The number of carbonyl (C=O) groups is 3. The topological polar surface area (TPSA) is 109 Å². The molecule has 1 aliphatic carbocycles. The van der Waals surface area contributed by atoms with Gasteiger partial charge >= 0.3 is 12.1 Å². The fourth-order valence-electron chi connectivity index (χ4n) is 5.00. The summed E-state index contributed by atoms with van der Waals surface area (Å²) in [5.41, 5.74) is 3.81. The van der Waals surface area contributed by atoms with E-state index < -0.39 is 23.5 Å². The number of hydrogen-bond acceptors (Lipinski definition) is 5. The lowest BCUT2D eigenvalue weighted by Gasteiger charge is -2.30. The van der Waals surface area contributed by atoms with E-state index in [9.17, 15) is 19.5 Å². The van der Waals surface area contributed by atoms with E-state index >= 15 is 0 Å². The molecule has 3 aromatic rings. The van der Waals surface area contributed by atoms with Crippen molar-refractivity contribution in [1.82, 2.24) is 9.88 Å². The van der Waals surface area contributed by atoms with Crippen molar-refractivity contribution in [2.45, 2.75) is 31.2 Å². The van der Waals surface area contributed by atoms with Crippen molar-refractivity contribution >= 4 is 23.7 Å². The van der Waals surface area contributed by atoms with Crippen LogP contribution in [-0.2, 0) is 9.53 Å². The lowest BCUT2D eigenvalue weighted by atomic mass is 9.98. The number of nitrogens with one attached hydrogen (secondary N) is 1. The van der Waals surface area contributed by atoms with Crippen LogP contribution in [0.15, 0.2) is 66.9 Å². The molecule has 1 aliphatic heterocycles. The summed E-state index contributed by atoms with van der Waals surface area (Å²) in [5.74, 6) is -1.52. The molecule has 8 nitrogen and oxygen atoms in total. The molecule has 1 fully saturated rings. The first-order chi connectivity index (χ1) is 16.9. The second kappa shape index (κ2) is 8.87. The number of likely N-dealkylation sites (tertiary alicyclic amines) is 1. The van der Waals surface area contributed by atoms with Crippen LogP contribution in [0.3, 0.4) is 0 Å². The van der Waals surface area contributed by atoms with Gasteiger partial charge in [0.2, 0.25) is 0 Å². The van der Waals surface area contributed by atoms with Crippen molar-refractivity contribution in [2.75, 3.05) is 18.5 Å². The van der Waals surface area contributed by atoms with E-state index in [4.69, 9.17) is 4.74 Å². The Morgan fingerprint density at radius 2 is 1.71 bits per heavy atom. The molecule has 1 saturated heterocycles. The van der Waals surface area contributed by atoms with Crippen LogP contribution in [0, 0.1) is 0 Å². The first-order valence-electron chi connectivity index (χ1n) is 11.5. The van der Waals surface area contributed by atoms with Gasteiger partial charge in [0.25, 0.3) is 5.91 Å². The molecule has 0 saturated carbocycles. The van der Waals surface area contributed by atoms with E-state index in [1.807, 2.05) is 24.3 Å². The summed E-state index contributed by atoms with van der Waals surface area (Å²) in [6.45, 7) is 2.10. The molecule has 178 valence electrons. The minimum absolute atomic E-state index is 0.0460. The van der Waals surface area contributed by atoms with Gasteiger partial charge in [-0.1, -0.05) is 48.5 Å². The number of carboxylic acid groups (broad SMARTS) is 1. The van der Waals surface area contributed by atoms with Crippen LogP contribution in [0.25, 0.3) is 11.1 Å². The highest BCUT2D eigenvalue weighted by Crippen LogP contribution is 2.44. The number of amides is 2. The third-order valence-corrected chi connectivity index (χ3v) is 6.92. The lowest BCUT2D eigenvalue weighted by molar-refractivity contribution is -0.147. The molecule has 0 radical (unpaired) electrons. The Morgan fingerprint density at radius 1 is 1.06 bits per heavy atom. The van der Waals surface area contributed by atoms with Crippen LogP contribution in [0.4, 0.5) is 10.5 Å². The highest BCUT2D eigenvalue weighted by Gasteiger charge is 2.46. The molecule has 35 heavy (non-hydrogen) atoms. The van der Waals surface area contributed by atoms with E-state index in [-0.39, 0.29) is 18.2 Å². The molecule has 1 aromatic heterocycles. The molecule has 2 heterocycles. The van der Waals surface area contributed by atoms with Gasteiger partial charge in [0.15, 0.2) is 0 Å². The summed E-state index contributed by atoms with van der Waals surface area (Å²) < 4.78 is 5.54. The summed E-state index contributed by atoms with van der Waals surface area (Å²) in [7, 11) is 0. The molecule has 0 spiro atoms. The van der Waals surface area contributed by atoms with Crippen molar-refractivity contribution in [2.24, 2.45) is 0 Å². The molecule has 2 amide bonds. The number of nitrogens with zero attached hydrogens (tertiary/aromatic N) is 2. The van der Waals surface area contributed by atoms with E-state index in [1.54, 1.807) is 13.0 Å². The third-order valence-electron chi connectivity index (χ3n) is 6.92. The molecule has 8 heteroatoms. The van der Waals surface area contributed by atoms with Crippen molar-refractivity contribution in [3.63, 3.8) is 0 Å². The third kappa shape index (κ3) is 4.01. The van der Waals surface area contributed by atoms with Crippen LogP contribution in [0.5, 0.6) is 0 Å². The molecule has 1 atom stereocenters. The molecule has 5 rings (SSSR count). The number of benzene rings is 2. The average molecular weight is 472 g/mol. The van der Waals surface area contributed by atoms with E-state index in [1.165, 1.54) is 17.2 Å². The number of rotatable bonds is 5. The standard InChI is InChI=1S/C27H25N3O5/c1-27(25(32)33)13-6-14-30(27)24(31)23-12-11-17(15-28-23)29-26(34)35-16-22-20-9-4-2-7-18(20)19-8-3-5-10-21(19)22/h2-5,7-12,15,22H,6,13-14,16H2,1H3,(H,29,34)(H,32,33). The van der Waals surface area contributed by atoms with Crippen LogP contribution >= 0.6 is 0 Å². The van der Waals surface area contributed by atoms with Gasteiger partial charge in [-0.15, -0.1) is 0 Å². The molecular weight excluding hydrogens is 446 g/mol. The molecule has 0 bridgehead atoms. The number of ether oxygens (including phenoxy) is 1. The van der Waals surface area contributed by atoms with Gasteiger partial charge < -0.3 is 14.7 Å². The summed E-state index contributed by atoms with van der Waals surface area (Å²) in [4.78, 5) is 42.5. The fraction of sp³-hybridized carbons (Fsp3) is 0.259. The summed E-state index contributed by atoms with van der Waals surface area (Å²) in [5, 5.41) is 12.2. The van der Waals surface area contributed by atoms with E-state index in [2.05, 4.69) is 34.6 Å². The van der Waals surface area contributed by atoms with Gasteiger partial charge in [-0.05, 0) is 54.2 Å². The smallest absolute Gasteiger partial charge is 0.411 e. The number of pyridine rings is 1. The minimum atomic E-state index is -1.24. The lowest BCUT2D eigenvalue weighted by Crippen LogP contribution is -2.50. The Balaban J connectivity index is 1.22. The maximum absolute atomic E-state index is 12.8. The van der Waals surface area contributed by atoms with Crippen molar-refractivity contribution in [3.05, 3.63) is 83.7 Å². The molecule has 2 aromatic carbocycles. The van der Waals surface area contributed by atoms with Crippen LogP contribution in [0.2, 0.25) is 0 Å². The van der Waals surface area contributed by atoms with Gasteiger partial charge in [0.05, 0.1) is 11.9 Å². The Hall–Kier alpha value is -4.20. The number of anilines is 1. The maximum atomic E-state index is 12.8. The largest absolute Gasteiger partial charge is 0.480 e. The second-order valence-electron chi connectivity index (χ2n) is 9.02. The predicted molar refractivity (Wildman–Crippen MR) is 129 cm³/mol. The Bertz CT molecular complexity index is 1260. The van der Waals surface area contributed by atoms with Gasteiger partial charge in [-0.3, -0.25) is 10.1 Å². The zero-order chi connectivity index (χ0) is 24.6. The number of aromatic nitrogens is 1. The first-order valence-corrected chi connectivity index (χ1v) is 11.5. The highest BCUT2D eigenvalue weighted by atomic mass is 16.5. The molecular formula is C27H25N3O5.